The molecular weight excluding hydrogens is 140 g/mol. The van der Waals surface area contributed by atoms with Crippen LogP contribution in [0.1, 0.15) is 19.8 Å². The summed E-state index contributed by atoms with van der Waals surface area (Å²) in [5.74, 6) is 0. The van der Waals surface area contributed by atoms with Crippen LogP contribution in [0.2, 0.25) is 0 Å². The zero-order valence-corrected chi connectivity index (χ0v) is 7.14. The Morgan fingerprint density at radius 2 is 2.36 bits per heavy atom. The van der Waals surface area contributed by atoms with Gasteiger partial charge in [-0.15, -0.1) is 0 Å². The first kappa shape index (κ1) is 8.60. The average Bonchev–Trinajstić information content (AvgIpc) is 1.95. The second-order valence-corrected chi connectivity index (χ2v) is 3.13. The molecule has 11 heavy (non-hydrogen) atoms. The van der Waals surface area contributed by atoms with Crippen molar-refractivity contribution in [1.29, 1.82) is 0 Å². The number of hydrogen-bond donors (Lipinski definition) is 0. The summed E-state index contributed by atoms with van der Waals surface area (Å²) in [7, 11) is 0. The van der Waals surface area contributed by atoms with Gasteiger partial charge in [-0.3, -0.25) is 0 Å². The van der Waals surface area contributed by atoms with Crippen LogP contribution in [-0.2, 0) is 9.47 Å². The molecule has 0 N–H and O–H groups in total. The summed E-state index contributed by atoms with van der Waals surface area (Å²) in [6.07, 6.45) is 3.78. The molecule has 0 amide bonds. The first-order valence-electron chi connectivity index (χ1n) is 4.13. The van der Waals surface area contributed by atoms with Crippen LogP contribution >= 0.6 is 0 Å². The third kappa shape index (κ3) is 1.96. The Balaban J connectivity index is 2.16. The molecule has 0 aromatic rings. The fourth-order valence-corrected chi connectivity index (χ4v) is 1.27. The van der Waals surface area contributed by atoms with Crippen LogP contribution < -0.4 is 0 Å². The lowest BCUT2D eigenvalue weighted by atomic mass is 9.80. The fraction of sp³-hybridized carbons (Fsp3) is 0.778. The van der Waals surface area contributed by atoms with E-state index < -0.39 is 0 Å². The van der Waals surface area contributed by atoms with Crippen molar-refractivity contribution in [3.8, 4) is 0 Å². The van der Waals surface area contributed by atoms with Crippen LogP contribution in [0, 0.1) is 5.41 Å². The van der Waals surface area contributed by atoms with Gasteiger partial charge in [0.2, 0.25) is 0 Å². The van der Waals surface area contributed by atoms with Crippen molar-refractivity contribution in [1.82, 2.24) is 0 Å². The Morgan fingerprint density at radius 1 is 1.64 bits per heavy atom. The molecule has 1 aliphatic heterocycles. The quantitative estimate of drug-likeness (QED) is 0.447. The minimum Gasteiger partial charge on any atom is -0.502 e. The molecule has 0 saturated carbocycles. The van der Waals surface area contributed by atoms with Gasteiger partial charge in [-0.25, -0.2) is 0 Å². The van der Waals surface area contributed by atoms with Crippen LogP contribution in [0.5, 0.6) is 0 Å². The van der Waals surface area contributed by atoms with E-state index in [1.807, 2.05) is 0 Å². The lowest BCUT2D eigenvalue weighted by Crippen LogP contribution is -2.42. The summed E-state index contributed by atoms with van der Waals surface area (Å²) in [6, 6.07) is 0. The summed E-state index contributed by atoms with van der Waals surface area (Å²) in [5, 5.41) is 0. The van der Waals surface area contributed by atoms with Gasteiger partial charge in [0.15, 0.2) is 0 Å². The monoisotopic (exact) mass is 156 g/mol. The molecular formula is C9H16O2. The SMILES string of the molecule is C=COCCC1(CC)COC1. The number of rotatable bonds is 5. The maximum Gasteiger partial charge on any atom is 0.0880 e. The Morgan fingerprint density at radius 3 is 2.73 bits per heavy atom. The third-order valence-corrected chi connectivity index (χ3v) is 2.43. The average molecular weight is 156 g/mol. The van der Waals surface area contributed by atoms with Crippen LogP contribution in [-0.4, -0.2) is 19.8 Å². The van der Waals surface area contributed by atoms with Crippen LogP contribution in [0.3, 0.4) is 0 Å². The van der Waals surface area contributed by atoms with Gasteiger partial charge in [-0.1, -0.05) is 13.5 Å². The van der Waals surface area contributed by atoms with Crippen molar-refractivity contribution >= 4 is 0 Å². The Hall–Kier alpha value is -0.500. The molecule has 1 fully saturated rings. The molecule has 0 bridgehead atoms. The number of ether oxygens (including phenoxy) is 2. The van der Waals surface area contributed by atoms with Crippen LogP contribution in [0.25, 0.3) is 0 Å². The minimum absolute atomic E-state index is 0.420. The summed E-state index contributed by atoms with van der Waals surface area (Å²) in [5.41, 5.74) is 0.420. The first-order chi connectivity index (χ1) is 5.33. The normalized spacial score (nSPS) is 20.5. The topological polar surface area (TPSA) is 18.5 Å². The standard InChI is InChI=1S/C9H16O2/c1-3-9(7-11-8-9)5-6-10-4-2/h4H,2-3,5-8H2,1H3. The second-order valence-electron chi connectivity index (χ2n) is 3.13. The van der Waals surface area contributed by atoms with Crippen molar-refractivity contribution in [2.45, 2.75) is 19.8 Å². The molecule has 2 nitrogen and oxygen atoms in total. The van der Waals surface area contributed by atoms with E-state index in [9.17, 15) is 0 Å². The van der Waals surface area contributed by atoms with Crippen molar-refractivity contribution in [2.24, 2.45) is 5.41 Å². The van der Waals surface area contributed by atoms with Gasteiger partial charge in [0.1, 0.15) is 0 Å². The zero-order valence-electron chi connectivity index (χ0n) is 7.14. The molecule has 0 aliphatic carbocycles. The van der Waals surface area contributed by atoms with Gasteiger partial charge < -0.3 is 9.47 Å². The molecule has 64 valence electrons. The molecule has 0 unspecified atom stereocenters. The Kier molecular flexibility index (Phi) is 2.94. The third-order valence-electron chi connectivity index (χ3n) is 2.43. The van der Waals surface area contributed by atoms with Crippen molar-refractivity contribution < 1.29 is 9.47 Å². The summed E-state index contributed by atoms with van der Waals surface area (Å²) < 4.78 is 10.3. The van der Waals surface area contributed by atoms with Gasteiger partial charge in [0.05, 0.1) is 26.1 Å². The highest BCUT2D eigenvalue weighted by atomic mass is 16.5. The predicted octanol–water partition coefficient (Wildman–Crippen LogP) is 1.96. The lowest BCUT2D eigenvalue weighted by molar-refractivity contribution is -0.124. The molecule has 0 atom stereocenters. The molecule has 1 rings (SSSR count). The van der Waals surface area contributed by atoms with Gasteiger partial charge in [-0.05, 0) is 12.8 Å². The van der Waals surface area contributed by atoms with Gasteiger partial charge >= 0.3 is 0 Å². The summed E-state index contributed by atoms with van der Waals surface area (Å²) in [4.78, 5) is 0. The molecule has 1 saturated heterocycles. The predicted molar refractivity (Wildman–Crippen MR) is 44.3 cm³/mol. The molecule has 0 aromatic heterocycles. The van der Waals surface area contributed by atoms with E-state index in [4.69, 9.17) is 9.47 Å². The van der Waals surface area contributed by atoms with Crippen molar-refractivity contribution in [3.63, 3.8) is 0 Å². The van der Waals surface area contributed by atoms with E-state index >= 15 is 0 Å². The zero-order chi connectivity index (χ0) is 8.16. The van der Waals surface area contributed by atoms with Gasteiger partial charge in [0, 0.05) is 5.41 Å². The molecule has 1 heterocycles. The van der Waals surface area contributed by atoms with E-state index in [2.05, 4.69) is 13.5 Å². The maximum atomic E-state index is 5.18. The summed E-state index contributed by atoms with van der Waals surface area (Å²) in [6.45, 7) is 8.29. The van der Waals surface area contributed by atoms with Crippen LogP contribution in [0.4, 0.5) is 0 Å². The molecule has 1 aliphatic rings. The highest BCUT2D eigenvalue weighted by Crippen LogP contribution is 2.34. The molecule has 0 aromatic carbocycles. The largest absolute Gasteiger partial charge is 0.502 e. The van der Waals surface area contributed by atoms with E-state index in [1.165, 1.54) is 12.7 Å². The van der Waals surface area contributed by atoms with Crippen LogP contribution in [0.15, 0.2) is 12.8 Å². The van der Waals surface area contributed by atoms with E-state index in [0.717, 1.165) is 26.2 Å². The number of hydrogen-bond acceptors (Lipinski definition) is 2. The first-order valence-corrected chi connectivity index (χ1v) is 4.13. The second kappa shape index (κ2) is 3.77. The highest BCUT2D eigenvalue weighted by Gasteiger charge is 2.36. The molecule has 0 radical (unpaired) electrons. The smallest absolute Gasteiger partial charge is 0.0880 e. The maximum absolute atomic E-state index is 5.18. The molecule has 0 spiro atoms. The fourth-order valence-electron chi connectivity index (χ4n) is 1.27. The van der Waals surface area contributed by atoms with Gasteiger partial charge in [0.25, 0.3) is 0 Å². The Bertz CT molecular complexity index is 122. The highest BCUT2D eigenvalue weighted by molar-refractivity contribution is 4.83. The lowest BCUT2D eigenvalue weighted by Gasteiger charge is -2.40. The van der Waals surface area contributed by atoms with E-state index in [1.54, 1.807) is 0 Å². The van der Waals surface area contributed by atoms with Crippen molar-refractivity contribution in [3.05, 3.63) is 12.8 Å². The van der Waals surface area contributed by atoms with E-state index in [-0.39, 0.29) is 0 Å². The van der Waals surface area contributed by atoms with E-state index in [0.29, 0.717) is 5.41 Å². The van der Waals surface area contributed by atoms with Crippen molar-refractivity contribution in [2.75, 3.05) is 19.8 Å². The molecule has 2 heteroatoms. The summed E-state index contributed by atoms with van der Waals surface area (Å²) >= 11 is 0. The Labute approximate surface area is 68.2 Å². The minimum atomic E-state index is 0.420. The van der Waals surface area contributed by atoms with Gasteiger partial charge in [-0.2, -0.15) is 0 Å².